The first kappa shape index (κ1) is 13.1. The summed E-state index contributed by atoms with van der Waals surface area (Å²) in [7, 11) is 0. The van der Waals surface area contributed by atoms with Gasteiger partial charge in [0.1, 0.15) is 5.82 Å². The normalized spacial score (nSPS) is 10.8. The van der Waals surface area contributed by atoms with Gasteiger partial charge in [0, 0.05) is 24.0 Å². The molecular weight excluding hydrogens is 251 g/mol. The maximum Gasteiger partial charge on any atom is 0.146 e. The maximum absolute atomic E-state index is 13.8. The standard InChI is InChI=1S/C14H16ClFN2/c1-2-17-9-12-6-4-8-18(12)10-11-5-3-7-13(15)14(11)16/h3-8,17H,2,9-10H2,1H3. The van der Waals surface area contributed by atoms with Crippen molar-refractivity contribution in [2.24, 2.45) is 0 Å². The van der Waals surface area contributed by atoms with Crippen molar-refractivity contribution in [3.8, 4) is 0 Å². The predicted molar refractivity (Wildman–Crippen MR) is 72.3 cm³/mol. The van der Waals surface area contributed by atoms with Gasteiger partial charge in [0.05, 0.1) is 11.6 Å². The average Bonchev–Trinajstić information content (AvgIpc) is 2.80. The number of benzene rings is 1. The highest BCUT2D eigenvalue weighted by atomic mass is 35.5. The summed E-state index contributed by atoms with van der Waals surface area (Å²) < 4.78 is 15.8. The summed E-state index contributed by atoms with van der Waals surface area (Å²) in [6, 6.07) is 9.10. The second-order valence-corrected chi connectivity index (χ2v) is 4.53. The Balaban J connectivity index is 2.18. The number of aromatic nitrogens is 1. The van der Waals surface area contributed by atoms with E-state index in [9.17, 15) is 4.39 Å². The van der Waals surface area contributed by atoms with E-state index in [1.54, 1.807) is 18.2 Å². The van der Waals surface area contributed by atoms with Crippen molar-refractivity contribution in [3.63, 3.8) is 0 Å². The Kier molecular flexibility index (Phi) is 4.39. The highest BCUT2D eigenvalue weighted by Crippen LogP contribution is 2.19. The third-order valence-corrected chi connectivity index (χ3v) is 3.14. The van der Waals surface area contributed by atoms with Gasteiger partial charge in [-0.1, -0.05) is 30.7 Å². The van der Waals surface area contributed by atoms with Gasteiger partial charge in [0.25, 0.3) is 0 Å². The molecule has 1 N–H and O–H groups in total. The molecule has 0 amide bonds. The zero-order chi connectivity index (χ0) is 13.0. The van der Waals surface area contributed by atoms with Crippen LogP contribution in [0, 0.1) is 5.82 Å². The molecular formula is C14H16ClFN2. The molecule has 0 aliphatic carbocycles. The van der Waals surface area contributed by atoms with Gasteiger partial charge in [-0.15, -0.1) is 0 Å². The van der Waals surface area contributed by atoms with Crippen LogP contribution in [0.3, 0.4) is 0 Å². The molecule has 2 aromatic rings. The van der Waals surface area contributed by atoms with Gasteiger partial charge in [-0.05, 0) is 24.7 Å². The summed E-state index contributed by atoms with van der Waals surface area (Å²) in [6.45, 7) is 4.26. The maximum atomic E-state index is 13.8. The zero-order valence-electron chi connectivity index (χ0n) is 10.3. The predicted octanol–water partition coefficient (Wildman–Crippen LogP) is 3.44. The minimum absolute atomic E-state index is 0.174. The van der Waals surface area contributed by atoms with E-state index in [0.29, 0.717) is 12.1 Å². The van der Waals surface area contributed by atoms with Crippen LogP contribution in [0.4, 0.5) is 4.39 Å². The van der Waals surface area contributed by atoms with E-state index in [4.69, 9.17) is 11.6 Å². The summed E-state index contributed by atoms with van der Waals surface area (Å²) in [4.78, 5) is 0. The van der Waals surface area contributed by atoms with Crippen LogP contribution in [0.2, 0.25) is 5.02 Å². The van der Waals surface area contributed by atoms with Crippen molar-refractivity contribution in [2.45, 2.75) is 20.0 Å². The number of hydrogen-bond acceptors (Lipinski definition) is 1. The molecule has 0 atom stereocenters. The SMILES string of the molecule is CCNCc1cccn1Cc1cccc(Cl)c1F. The summed E-state index contributed by atoms with van der Waals surface area (Å²) in [6.07, 6.45) is 1.95. The van der Waals surface area contributed by atoms with Crippen molar-refractivity contribution >= 4 is 11.6 Å². The fraction of sp³-hybridized carbons (Fsp3) is 0.286. The molecule has 1 aromatic carbocycles. The third kappa shape index (κ3) is 2.92. The molecule has 0 unspecified atom stereocenters. The summed E-state index contributed by atoms with van der Waals surface area (Å²) >= 11 is 5.78. The molecule has 0 aliphatic heterocycles. The van der Waals surface area contributed by atoms with E-state index in [0.717, 1.165) is 18.8 Å². The quantitative estimate of drug-likeness (QED) is 0.877. The molecule has 96 valence electrons. The van der Waals surface area contributed by atoms with E-state index in [-0.39, 0.29) is 10.8 Å². The Bertz CT molecular complexity index is 522. The highest BCUT2D eigenvalue weighted by Gasteiger charge is 2.08. The monoisotopic (exact) mass is 266 g/mol. The van der Waals surface area contributed by atoms with Gasteiger partial charge in [0.15, 0.2) is 0 Å². The molecule has 2 rings (SSSR count). The van der Waals surface area contributed by atoms with E-state index < -0.39 is 0 Å². The molecule has 4 heteroatoms. The molecule has 18 heavy (non-hydrogen) atoms. The lowest BCUT2D eigenvalue weighted by molar-refractivity contribution is 0.590. The second kappa shape index (κ2) is 6.03. The van der Waals surface area contributed by atoms with Crippen LogP contribution in [-0.2, 0) is 13.1 Å². The van der Waals surface area contributed by atoms with E-state index in [2.05, 4.69) is 12.2 Å². The Labute approximate surface area is 111 Å². The molecule has 0 spiro atoms. The Morgan fingerprint density at radius 3 is 2.89 bits per heavy atom. The Morgan fingerprint density at radius 2 is 2.11 bits per heavy atom. The lowest BCUT2D eigenvalue weighted by Crippen LogP contribution is -2.15. The first-order chi connectivity index (χ1) is 8.72. The molecule has 0 aliphatic rings. The fourth-order valence-corrected chi connectivity index (χ4v) is 2.07. The van der Waals surface area contributed by atoms with Gasteiger partial charge in [-0.25, -0.2) is 4.39 Å². The smallest absolute Gasteiger partial charge is 0.146 e. The molecule has 0 fully saturated rings. The lowest BCUT2D eigenvalue weighted by atomic mass is 10.2. The Morgan fingerprint density at radius 1 is 1.28 bits per heavy atom. The second-order valence-electron chi connectivity index (χ2n) is 4.12. The molecule has 0 saturated heterocycles. The topological polar surface area (TPSA) is 17.0 Å². The minimum atomic E-state index is -0.331. The first-order valence-corrected chi connectivity index (χ1v) is 6.37. The van der Waals surface area contributed by atoms with Crippen LogP contribution < -0.4 is 5.32 Å². The minimum Gasteiger partial charge on any atom is -0.346 e. The van der Waals surface area contributed by atoms with Crippen molar-refractivity contribution in [1.29, 1.82) is 0 Å². The number of nitrogens with one attached hydrogen (secondary N) is 1. The van der Waals surface area contributed by atoms with E-state index in [1.165, 1.54) is 0 Å². The summed E-state index contributed by atoms with van der Waals surface area (Å²) in [5.74, 6) is -0.331. The van der Waals surface area contributed by atoms with Gasteiger partial charge in [-0.3, -0.25) is 0 Å². The van der Waals surface area contributed by atoms with Gasteiger partial charge < -0.3 is 9.88 Å². The van der Waals surface area contributed by atoms with Crippen LogP contribution in [0.15, 0.2) is 36.5 Å². The molecule has 1 aromatic heterocycles. The van der Waals surface area contributed by atoms with Crippen LogP contribution >= 0.6 is 11.6 Å². The molecule has 0 bridgehead atoms. The zero-order valence-corrected chi connectivity index (χ0v) is 11.0. The largest absolute Gasteiger partial charge is 0.346 e. The number of halogens is 2. The molecule has 0 radical (unpaired) electrons. The van der Waals surface area contributed by atoms with Crippen LogP contribution in [0.1, 0.15) is 18.2 Å². The number of rotatable bonds is 5. The number of nitrogens with zero attached hydrogens (tertiary/aromatic N) is 1. The van der Waals surface area contributed by atoms with Crippen LogP contribution in [-0.4, -0.2) is 11.1 Å². The van der Waals surface area contributed by atoms with Crippen molar-refractivity contribution in [3.05, 3.63) is 58.6 Å². The summed E-state index contributed by atoms with van der Waals surface area (Å²) in [5.41, 5.74) is 1.74. The first-order valence-electron chi connectivity index (χ1n) is 6.00. The lowest BCUT2D eigenvalue weighted by Gasteiger charge is -2.11. The van der Waals surface area contributed by atoms with Gasteiger partial charge in [-0.2, -0.15) is 0 Å². The summed E-state index contributed by atoms with van der Waals surface area (Å²) in [5, 5.41) is 3.44. The van der Waals surface area contributed by atoms with Gasteiger partial charge >= 0.3 is 0 Å². The molecule has 0 saturated carbocycles. The van der Waals surface area contributed by atoms with E-state index in [1.807, 2.05) is 22.9 Å². The third-order valence-electron chi connectivity index (χ3n) is 2.85. The Hall–Kier alpha value is -1.32. The van der Waals surface area contributed by atoms with Crippen molar-refractivity contribution < 1.29 is 4.39 Å². The van der Waals surface area contributed by atoms with Crippen molar-refractivity contribution in [2.75, 3.05) is 6.54 Å². The van der Waals surface area contributed by atoms with Crippen LogP contribution in [0.5, 0.6) is 0 Å². The molecule has 1 heterocycles. The molecule has 2 nitrogen and oxygen atoms in total. The van der Waals surface area contributed by atoms with E-state index >= 15 is 0 Å². The average molecular weight is 267 g/mol. The van der Waals surface area contributed by atoms with Crippen molar-refractivity contribution in [1.82, 2.24) is 9.88 Å². The number of hydrogen-bond donors (Lipinski definition) is 1. The van der Waals surface area contributed by atoms with Crippen LogP contribution in [0.25, 0.3) is 0 Å². The fourth-order valence-electron chi connectivity index (χ4n) is 1.87. The highest BCUT2D eigenvalue weighted by molar-refractivity contribution is 6.30. The van der Waals surface area contributed by atoms with Gasteiger partial charge in [0.2, 0.25) is 0 Å².